The SMILES string of the molecule is CCOC(=O)c1c(COC(=O)c2cc(S(=O)(=O)N3CCCC3)c[nH]2)nc2ccccc2c1C. The Morgan fingerprint density at radius 3 is 2.58 bits per heavy atom. The summed E-state index contributed by atoms with van der Waals surface area (Å²) in [7, 11) is -3.65. The molecule has 3 aromatic rings. The number of benzene rings is 1. The Morgan fingerprint density at radius 2 is 1.85 bits per heavy atom. The van der Waals surface area contributed by atoms with Crippen LogP contribution in [0.25, 0.3) is 10.9 Å². The van der Waals surface area contributed by atoms with E-state index in [-0.39, 0.29) is 35.1 Å². The Bertz CT molecular complexity index is 1310. The number of carbonyl (C=O) groups excluding carboxylic acids is 2. The second kappa shape index (κ2) is 9.32. The highest BCUT2D eigenvalue weighted by Gasteiger charge is 2.29. The molecule has 1 N–H and O–H groups in total. The van der Waals surface area contributed by atoms with Crippen molar-refractivity contribution in [2.75, 3.05) is 19.7 Å². The molecule has 0 radical (unpaired) electrons. The van der Waals surface area contributed by atoms with Gasteiger partial charge in [0.1, 0.15) is 17.2 Å². The molecule has 0 bridgehead atoms. The number of para-hydroxylation sites is 1. The summed E-state index contributed by atoms with van der Waals surface area (Å²) >= 11 is 0. The van der Waals surface area contributed by atoms with Gasteiger partial charge in [-0.3, -0.25) is 0 Å². The Morgan fingerprint density at radius 1 is 1.12 bits per heavy atom. The lowest BCUT2D eigenvalue weighted by atomic mass is 10.0. The Kier molecular flexibility index (Phi) is 6.48. The summed E-state index contributed by atoms with van der Waals surface area (Å²) < 4.78 is 37.3. The molecule has 4 rings (SSSR count). The van der Waals surface area contributed by atoms with Crippen molar-refractivity contribution >= 4 is 32.9 Å². The smallest absolute Gasteiger partial charge is 0.355 e. The molecule has 1 fully saturated rings. The van der Waals surface area contributed by atoms with E-state index in [9.17, 15) is 18.0 Å². The molecule has 0 saturated carbocycles. The molecular formula is C23H25N3O6S. The lowest BCUT2D eigenvalue weighted by Crippen LogP contribution is -2.27. The summed E-state index contributed by atoms with van der Waals surface area (Å²) in [4.78, 5) is 32.4. The quantitative estimate of drug-likeness (QED) is 0.526. The lowest BCUT2D eigenvalue weighted by molar-refractivity contribution is 0.0439. The minimum Gasteiger partial charge on any atom is -0.462 e. The molecule has 0 amide bonds. The van der Waals surface area contributed by atoms with Gasteiger partial charge in [-0.15, -0.1) is 0 Å². The molecule has 2 aromatic heterocycles. The molecule has 1 aliphatic heterocycles. The Labute approximate surface area is 191 Å². The third-order valence-corrected chi connectivity index (χ3v) is 7.50. The van der Waals surface area contributed by atoms with E-state index in [1.807, 2.05) is 24.3 Å². The number of esters is 2. The van der Waals surface area contributed by atoms with E-state index in [2.05, 4.69) is 9.97 Å². The zero-order valence-electron chi connectivity index (χ0n) is 18.5. The molecular weight excluding hydrogens is 446 g/mol. The highest BCUT2D eigenvalue weighted by atomic mass is 32.2. The normalized spacial score (nSPS) is 14.5. The van der Waals surface area contributed by atoms with E-state index in [0.717, 1.165) is 18.2 Å². The zero-order valence-corrected chi connectivity index (χ0v) is 19.3. The second-order valence-electron chi connectivity index (χ2n) is 7.73. The van der Waals surface area contributed by atoms with Crippen LogP contribution in [0.3, 0.4) is 0 Å². The van der Waals surface area contributed by atoms with Crippen LogP contribution in [-0.2, 0) is 26.1 Å². The van der Waals surface area contributed by atoms with Crippen molar-refractivity contribution in [3.8, 4) is 0 Å². The van der Waals surface area contributed by atoms with Crippen molar-refractivity contribution < 1.29 is 27.5 Å². The fourth-order valence-corrected chi connectivity index (χ4v) is 5.46. The number of rotatable bonds is 7. The first-order chi connectivity index (χ1) is 15.8. The number of aromatic amines is 1. The summed E-state index contributed by atoms with van der Waals surface area (Å²) in [5.74, 6) is -1.29. The number of nitrogens with zero attached hydrogens (tertiary/aromatic N) is 2. The molecule has 1 aliphatic rings. The molecule has 174 valence electrons. The number of H-pyrrole nitrogens is 1. The maximum Gasteiger partial charge on any atom is 0.355 e. The molecule has 1 saturated heterocycles. The van der Waals surface area contributed by atoms with Crippen LogP contribution in [-0.4, -0.2) is 54.3 Å². The number of hydrogen-bond donors (Lipinski definition) is 1. The summed E-state index contributed by atoms with van der Waals surface area (Å²) in [6.07, 6.45) is 2.92. The first kappa shape index (κ1) is 22.9. The van der Waals surface area contributed by atoms with Gasteiger partial charge in [-0.25, -0.2) is 23.0 Å². The van der Waals surface area contributed by atoms with Crippen LogP contribution in [0, 0.1) is 6.92 Å². The largest absolute Gasteiger partial charge is 0.462 e. The number of nitrogens with one attached hydrogen (secondary N) is 1. The molecule has 33 heavy (non-hydrogen) atoms. The van der Waals surface area contributed by atoms with E-state index in [1.54, 1.807) is 13.8 Å². The van der Waals surface area contributed by atoms with Crippen molar-refractivity contribution in [2.24, 2.45) is 0 Å². The van der Waals surface area contributed by atoms with E-state index in [0.29, 0.717) is 24.2 Å². The topological polar surface area (TPSA) is 119 Å². The van der Waals surface area contributed by atoms with Gasteiger partial charge in [-0.1, -0.05) is 18.2 Å². The number of aromatic nitrogens is 2. The first-order valence-corrected chi connectivity index (χ1v) is 12.2. The van der Waals surface area contributed by atoms with E-state index >= 15 is 0 Å². The Hall–Kier alpha value is -3.24. The zero-order chi connectivity index (χ0) is 23.6. The third-order valence-electron chi connectivity index (χ3n) is 5.63. The average Bonchev–Trinajstić information content (AvgIpc) is 3.51. The van der Waals surface area contributed by atoms with Gasteiger partial charge in [0.2, 0.25) is 10.0 Å². The minimum atomic E-state index is -3.65. The predicted molar refractivity (Wildman–Crippen MR) is 120 cm³/mol. The monoisotopic (exact) mass is 471 g/mol. The number of pyridine rings is 1. The second-order valence-corrected chi connectivity index (χ2v) is 9.67. The standard InChI is InChI=1S/C23H25N3O6S/c1-3-31-23(28)21-15(2)17-8-4-5-9-18(17)25-20(21)14-32-22(27)19-12-16(13-24-19)33(29,30)26-10-6-7-11-26/h4-5,8-9,12-13,24H,3,6-7,10-11,14H2,1-2H3. The van der Waals surface area contributed by atoms with Crippen LogP contribution in [0.4, 0.5) is 0 Å². The van der Waals surface area contributed by atoms with Crippen molar-refractivity contribution in [1.29, 1.82) is 0 Å². The molecule has 0 atom stereocenters. The average molecular weight is 472 g/mol. The fourth-order valence-electron chi connectivity index (χ4n) is 3.95. The van der Waals surface area contributed by atoms with Crippen LogP contribution in [0.5, 0.6) is 0 Å². The highest BCUT2D eigenvalue weighted by molar-refractivity contribution is 7.89. The number of fused-ring (bicyclic) bond motifs is 1. The molecule has 1 aromatic carbocycles. The number of hydrogen-bond acceptors (Lipinski definition) is 7. The van der Waals surface area contributed by atoms with Crippen molar-refractivity contribution in [1.82, 2.24) is 14.3 Å². The maximum absolute atomic E-state index is 12.7. The van der Waals surface area contributed by atoms with Gasteiger partial charge in [0.05, 0.1) is 23.4 Å². The van der Waals surface area contributed by atoms with Gasteiger partial charge in [0.15, 0.2) is 0 Å². The molecule has 0 unspecified atom stereocenters. The summed E-state index contributed by atoms with van der Waals surface area (Å²) in [6, 6.07) is 8.61. The van der Waals surface area contributed by atoms with Crippen LogP contribution >= 0.6 is 0 Å². The lowest BCUT2D eigenvalue weighted by Gasteiger charge is -2.14. The van der Waals surface area contributed by atoms with Crippen molar-refractivity contribution in [2.45, 2.75) is 38.2 Å². The van der Waals surface area contributed by atoms with E-state index in [1.165, 1.54) is 16.6 Å². The summed E-state index contributed by atoms with van der Waals surface area (Å²) in [5.41, 5.74) is 1.88. The van der Waals surface area contributed by atoms with Gasteiger partial charge in [-0.05, 0) is 44.4 Å². The fraction of sp³-hybridized carbons (Fsp3) is 0.348. The summed E-state index contributed by atoms with van der Waals surface area (Å²) in [5, 5.41) is 0.803. The van der Waals surface area contributed by atoms with E-state index < -0.39 is 22.0 Å². The minimum absolute atomic E-state index is 0.00275. The molecule has 9 nitrogen and oxygen atoms in total. The molecule has 3 heterocycles. The number of sulfonamides is 1. The molecule has 0 spiro atoms. The van der Waals surface area contributed by atoms with Gasteiger partial charge in [-0.2, -0.15) is 4.31 Å². The van der Waals surface area contributed by atoms with Gasteiger partial charge in [0.25, 0.3) is 0 Å². The number of aryl methyl sites for hydroxylation is 1. The maximum atomic E-state index is 12.7. The highest BCUT2D eigenvalue weighted by Crippen LogP contribution is 2.25. The van der Waals surface area contributed by atoms with Crippen molar-refractivity contribution in [3.63, 3.8) is 0 Å². The van der Waals surface area contributed by atoms with Gasteiger partial charge in [0, 0.05) is 24.7 Å². The van der Waals surface area contributed by atoms with E-state index in [4.69, 9.17) is 9.47 Å². The van der Waals surface area contributed by atoms with Crippen LogP contribution < -0.4 is 0 Å². The third kappa shape index (κ3) is 4.49. The Balaban J connectivity index is 1.57. The van der Waals surface area contributed by atoms with Crippen LogP contribution in [0.15, 0.2) is 41.4 Å². The summed E-state index contributed by atoms with van der Waals surface area (Å²) in [6.45, 7) is 4.36. The number of ether oxygens (including phenoxy) is 2. The number of carbonyl (C=O) groups is 2. The predicted octanol–water partition coefficient (Wildman–Crippen LogP) is 3.19. The molecule has 0 aliphatic carbocycles. The van der Waals surface area contributed by atoms with Crippen molar-refractivity contribution in [3.05, 3.63) is 59.0 Å². The van der Waals surface area contributed by atoms with Gasteiger partial charge < -0.3 is 14.5 Å². The van der Waals surface area contributed by atoms with Gasteiger partial charge >= 0.3 is 11.9 Å². The van der Waals surface area contributed by atoms with Crippen LogP contribution in [0.1, 0.15) is 51.9 Å². The molecule has 10 heteroatoms. The first-order valence-electron chi connectivity index (χ1n) is 10.7. The van der Waals surface area contributed by atoms with Crippen LogP contribution in [0.2, 0.25) is 0 Å².